The van der Waals surface area contributed by atoms with Gasteiger partial charge in [0, 0.05) is 13.6 Å². The van der Waals surface area contributed by atoms with Gasteiger partial charge in [-0.05, 0) is 24.9 Å². The standard InChI is InChI=1S/C12H19ClN4S/c1-4-18-7-5-6-17-10(8-13)14-11-9(2)15-16(3)12(11)17/h4-8H2,1-3H3. The van der Waals surface area contributed by atoms with E-state index in [4.69, 9.17) is 11.6 Å². The molecule has 0 aliphatic heterocycles. The van der Waals surface area contributed by atoms with Gasteiger partial charge >= 0.3 is 0 Å². The lowest BCUT2D eigenvalue weighted by atomic mass is 10.4. The third-order valence-corrected chi connectivity index (χ3v) is 4.19. The molecule has 0 saturated heterocycles. The minimum absolute atomic E-state index is 0.453. The van der Waals surface area contributed by atoms with E-state index >= 15 is 0 Å². The van der Waals surface area contributed by atoms with E-state index < -0.39 is 0 Å². The zero-order valence-corrected chi connectivity index (χ0v) is 12.7. The SMILES string of the molecule is CCSCCCn1c(CCl)nc2c(C)nn(C)c21. The van der Waals surface area contributed by atoms with Crippen molar-refractivity contribution in [2.24, 2.45) is 7.05 Å². The van der Waals surface area contributed by atoms with Crippen LogP contribution in [0.4, 0.5) is 0 Å². The summed E-state index contributed by atoms with van der Waals surface area (Å²) in [6.45, 7) is 5.14. The van der Waals surface area contributed by atoms with Crippen LogP contribution in [-0.4, -0.2) is 30.8 Å². The number of thioether (sulfide) groups is 1. The average molecular weight is 287 g/mol. The van der Waals surface area contributed by atoms with Crippen molar-refractivity contribution in [1.82, 2.24) is 19.3 Å². The lowest BCUT2D eigenvalue weighted by Gasteiger charge is -2.07. The molecule has 0 atom stereocenters. The molecule has 18 heavy (non-hydrogen) atoms. The molecule has 4 nitrogen and oxygen atoms in total. The largest absolute Gasteiger partial charge is 0.312 e. The Bertz CT molecular complexity index is 532. The number of halogens is 1. The first-order valence-corrected chi connectivity index (χ1v) is 7.90. The summed E-state index contributed by atoms with van der Waals surface area (Å²) in [6.07, 6.45) is 1.14. The number of hydrogen-bond acceptors (Lipinski definition) is 3. The Balaban J connectivity index is 2.28. The fourth-order valence-electron chi connectivity index (χ4n) is 2.19. The van der Waals surface area contributed by atoms with Crippen LogP contribution in [0.5, 0.6) is 0 Å². The second kappa shape index (κ2) is 5.97. The molecular weight excluding hydrogens is 268 g/mol. The second-order valence-electron chi connectivity index (χ2n) is 4.25. The first-order valence-electron chi connectivity index (χ1n) is 6.21. The smallest absolute Gasteiger partial charge is 0.158 e. The maximum Gasteiger partial charge on any atom is 0.158 e. The van der Waals surface area contributed by atoms with Crippen molar-refractivity contribution in [2.45, 2.75) is 32.7 Å². The van der Waals surface area contributed by atoms with Crippen molar-refractivity contribution < 1.29 is 0 Å². The topological polar surface area (TPSA) is 35.6 Å². The summed E-state index contributed by atoms with van der Waals surface area (Å²) in [6, 6.07) is 0. The van der Waals surface area contributed by atoms with Gasteiger partial charge in [-0.2, -0.15) is 16.9 Å². The highest BCUT2D eigenvalue weighted by Gasteiger charge is 2.16. The van der Waals surface area contributed by atoms with Crippen molar-refractivity contribution in [2.75, 3.05) is 11.5 Å². The van der Waals surface area contributed by atoms with E-state index in [9.17, 15) is 0 Å². The minimum atomic E-state index is 0.453. The highest BCUT2D eigenvalue weighted by atomic mass is 35.5. The first-order chi connectivity index (χ1) is 8.69. The summed E-state index contributed by atoms with van der Waals surface area (Å²) in [5.74, 6) is 3.75. The van der Waals surface area contributed by atoms with Crippen molar-refractivity contribution >= 4 is 34.5 Å². The predicted octanol–water partition coefficient (Wildman–Crippen LogP) is 2.96. The molecule has 2 rings (SSSR count). The summed E-state index contributed by atoms with van der Waals surface area (Å²) in [5, 5.41) is 4.42. The number of alkyl halides is 1. The van der Waals surface area contributed by atoms with Gasteiger partial charge in [-0.1, -0.05) is 6.92 Å². The molecule has 0 saturated carbocycles. The molecule has 2 heterocycles. The van der Waals surface area contributed by atoms with Crippen molar-refractivity contribution in [1.29, 1.82) is 0 Å². The number of hydrogen-bond donors (Lipinski definition) is 0. The molecule has 6 heteroatoms. The minimum Gasteiger partial charge on any atom is -0.312 e. The van der Waals surface area contributed by atoms with Crippen LogP contribution in [0.2, 0.25) is 0 Å². The highest BCUT2D eigenvalue weighted by Crippen LogP contribution is 2.20. The molecule has 0 amide bonds. The molecule has 0 N–H and O–H groups in total. The highest BCUT2D eigenvalue weighted by molar-refractivity contribution is 7.99. The Morgan fingerprint density at radius 1 is 1.39 bits per heavy atom. The Morgan fingerprint density at radius 2 is 2.17 bits per heavy atom. The Morgan fingerprint density at radius 3 is 2.83 bits per heavy atom. The molecule has 2 aromatic heterocycles. The van der Waals surface area contributed by atoms with E-state index in [-0.39, 0.29) is 0 Å². The van der Waals surface area contributed by atoms with Crippen molar-refractivity contribution in [3.05, 3.63) is 11.5 Å². The van der Waals surface area contributed by atoms with E-state index in [0.717, 1.165) is 35.6 Å². The van der Waals surface area contributed by atoms with Gasteiger partial charge in [0.25, 0.3) is 0 Å². The van der Waals surface area contributed by atoms with Crippen LogP contribution in [0.3, 0.4) is 0 Å². The van der Waals surface area contributed by atoms with Crippen LogP contribution < -0.4 is 0 Å². The molecule has 0 unspecified atom stereocenters. The van der Waals surface area contributed by atoms with Crippen LogP contribution in [-0.2, 0) is 19.5 Å². The number of rotatable bonds is 6. The number of imidazole rings is 1. The lowest BCUT2D eigenvalue weighted by molar-refractivity contribution is 0.643. The third kappa shape index (κ3) is 2.52. The fourth-order valence-corrected chi connectivity index (χ4v) is 3.01. The van der Waals surface area contributed by atoms with Crippen LogP contribution in [0.25, 0.3) is 11.2 Å². The molecular formula is C12H19ClN4S. The average Bonchev–Trinajstić information content (AvgIpc) is 2.85. The first kappa shape index (κ1) is 13.7. The molecule has 0 aliphatic rings. The van der Waals surface area contributed by atoms with Crippen LogP contribution in [0.1, 0.15) is 24.9 Å². The van der Waals surface area contributed by atoms with E-state index in [1.165, 1.54) is 11.5 Å². The summed E-state index contributed by atoms with van der Waals surface area (Å²) in [4.78, 5) is 4.59. The summed E-state index contributed by atoms with van der Waals surface area (Å²) in [5.41, 5.74) is 3.04. The van der Waals surface area contributed by atoms with Gasteiger partial charge in [0.2, 0.25) is 0 Å². The fraction of sp³-hybridized carbons (Fsp3) is 0.667. The lowest BCUT2D eigenvalue weighted by Crippen LogP contribution is -2.07. The molecule has 0 spiro atoms. The van der Waals surface area contributed by atoms with Gasteiger partial charge in [-0.25, -0.2) is 4.98 Å². The Kier molecular flexibility index (Phi) is 4.56. The van der Waals surface area contributed by atoms with E-state index in [2.05, 4.69) is 21.6 Å². The maximum absolute atomic E-state index is 5.99. The van der Waals surface area contributed by atoms with Crippen LogP contribution in [0, 0.1) is 6.92 Å². The van der Waals surface area contributed by atoms with Gasteiger partial charge in [0.1, 0.15) is 11.3 Å². The molecule has 2 aromatic rings. The monoisotopic (exact) mass is 286 g/mol. The molecule has 0 radical (unpaired) electrons. The summed E-state index contributed by atoms with van der Waals surface area (Å²) in [7, 11) is 1.96. The predicted molar refractivity (Wildman–Crippen MR) is 78.4 cm³/mol. The Labute approximate surface area is 117 Å². The Hall–Kier alpha value is -0.680. The summed E-state index contributed by atoms with van der Waals surface area (Å²) < 4.78 is 4.11. The zero-order valence-electron chi connectivity index (χ0n) is 11.1. The number of aromatic nitrogens is 4. The molecule has 100 valence electrons. The van der Waals surface area contributed by atoms with Crippen LogP contribution in [0.15, 0.2) is 0 Å². The molecule has 0 aromatic carbocycles. The van der Waals surface area contributed by atoms with Crippen molar-refractivity contribution in [3.63, 3.8) is 0 Å². The number of fused-ring (bicyclic) bond motifs is 1. The van der Waals surface area contributed by atoms with Gasteiger partial charge in [0.15, 0.2) is 5.65 Å². The number of nitrogens with zero attached hydrogens (tertiary/aromatic N) is 4. The van der Waals surface area contributed by atoms with Gasteiger partial charge in [-0.15, -0.1) is 11.6 Å². The van der Waals surface area contributed by atoms with Gasteiger partial charge < -0.3 is 4.57 Å². The zero-order chi connectivity index (χ0) is 13.1. The molecule has 0 bridgehead atoms. The molecule has 0 fully saturated rings. The maximum atomic E-state index is 5.99. The summed E-state index contributed by atoms with van der Waals surface area (Å²) >= 11 is 7.96. The second-order valence-corrected chi connectivity index (χ2v) is 5.91. The van der Waals surface area contributed by atoms with Crippen molar-refractivity contribution in [3.8, 4) is 0 Å². The van der Waals surface area contributed by atoms with Gasteiger partial charge in [0.05, 0.1) is 11.6 Å². The molecule has 0 aliphatic carbocycles. The van der Waals surface area contributed by atoms with E-state index in [1.807, 2.05) is 30.4 Å². The van der Waals surface area contributed by atoms with E-state index in [1.54, 1.807) is 0 Å². The number of aryl methyl sites for hydroxylation is 3. The quantitative estimate of drug-likeness (QED) is 0.605. The van der Waals surface area contributed by atoms with Crippen LogP contribution >= 0.6 is 23.4 Å². The van der Waals surface area contributed by atoms with Gasteiger partial charge in [-0.3, -0.25) is 4.68 Å². The van der Waals surface area contributed by atoms with E-state index in [0.29, 0.717) is 5.88 Å². The third-order valence-electron chi connectivity index (χ3n) is 2.96. The normalized spacial score (nSPS) is 11.6.